The zero-order valence-electron chi connectivity index (χ0n) is 17.9. The summed E-state index contributed by atoms with van der Waals surface area (Å²) >= 11 is 0. The summed E-state index contributed by atoms with van der Waals surface area (Å²) in [6, 6.07) is 11.0. The van der Waals surface area contributed by atoms with Crippen molar-refractivity contribution in [3.63, 3.8) is 0 Å². The van der Waals surface area contributed by atoms with Gasteiger partial charge in [0.15, 0.2) is 5.78 Å². The Morgan fingerprint density at radius 1 is 1.13 bits per heavy atom. The summed E-state index contributed by atoms with van der Waals surface area (Å²) in [5.74, 6) is -0.381. The van der Waals surface area contributed by atoms with E-state index in [1.165, 1.54) is 6.92 Å². The van der Waals surface area contributed by atoms with E-state index in [2.05, 4.69) is 10.6 Å². The first-order chi connectivity index (χ1) is 14.7. The molecule has 1 aliphatic rings. The highest BCUT2D eigenvalue weighted by molar-refractivity contribution is 6.11. The fourth-order valence-electron chi connectivity index (χ4n) is 3.73. The number of ether oxygens (including phenoxy) is 1. The van der Waals surface area contributed by atoms with Crippen LogP contribution in [0.15, 0.2) is 42.5 Å². The van der Waals surface area contributed by atoms with Crippen molar-refractivity contribution in [2.45, 2.75) is 32.7 Å². The number of nitrogens with one attached hydrogen (secondary N) is 2. The van der Waals surface area contributed by atoms with Crippen LogP contribution in [0.3, 0.4) is 0 Å². The molecule has 1 atom stereocenters. The van der Waals surface area contributed by atoms with Crippen molar-refractivity contribution >= 4 is 29.3 Å². The fraction of sp³-hybridized carbons (Fsp3) is 0.304. The third kappa shape index (κ3) is 4.14. The Bertz CT molecular complexity index is 1050. The average molecular weight is 423 g/mol. The number of anilines is 1. The molecule has 0 aliphatic carbocycles. The Morgan fingerprint density at radius 2 is 1.81 bits per heavy atom. The largest absolute Gasteiger partial charge is 0.496 e. The van der Waals surface area contributed by atoms with Crippen molar-refractivity contribution in [2.24, 2.45) is 0 Å². The summed E-state index contributed by atoms with van der Waals surface area (Å²) in [6.07, 6.45) is 0.333. The number of methoxy groups -OCH3 is 1. The second kappa shape index (κ2) is 8.59. The molecule has 1 heterocycles. The Kier molecular flexibility index (Phi) is 6.10. The highest BCUT2D eigenvalue weighted by atomic mass is 16.5. The van der Waals surface area contributed by atoms with E-state index in [4.69, 9.17) is 4.74 Å². The highest BCUT2D eigenvalue weighted by Gasteiger charge is 2.51. The number of aryl methyl sites for hydroxylation is 1. The minimum Gasteiger partial charge on any atom is -0.496 e. The van der Waals surface area contributed by atoms with Crippen molar-refractivity contribution in [2.75, 3.05) is 19.0 Å². The van der Waals surface area contributed by atoms with Crippen molar-refractivity contribution in [3.8, 4) is 5.75 Å². The number of urea groups is 1. The van der Waals surface area contributed by atoms with Crippen LogP contribution in [0.1, 0.15) is 41.8 Å². The van der Waals surface area contributed by atoms with Gasteiger partial charge in [-0.05, 0) is 60.9 Å². The SMILES string of the molecule is CCC1(c2ccc(OC)c(C)c2)NC(=O)N(CC(=O)c2ccc(NC(C)=O)cc2)C1=O. The van der Waals surface area contributed by atoms with E-state index in [0.29, 0.717) is 29.0 Å². The van der Waals surface area contributed by atoms with Crippen LogP contribution in [0, 0.1) is 6.92 Å². The molecule has 2 N–H and O–H groups in total. The number of ketones is 1. The molecule has 0 aromatic heterocycles. The molecule has 2 aromatic carbocycles. The van der Waals surface area contributed by atoms with Gasteiger partial charge < -0.3 is 15.4 Å². The van der Waals surface area contributed by atoms with Gasteiger partial charge in [-0.1, -0.05) is 13.0 Å². The van der Waals surface area contributed by atoms with Crippen molar-refractivity contribution in [1.82, 2.24) is 10.2 Å². The number of Topliss-reactive ketones (excluding diaryl/α,β-unsaturated/α-hetero) is 1. The van der Waals surface area contributed by atoms with Crippen LogP contribution in [0.25, 0.3) is 0 Å². The van der Waals surface area contributed by atoms with Gasteiger partial charge in [0.2, 0.25) is 5.91 Å². The minimum absolute atomic E-state index is 0.219. The second-order valence-corrected chi connectivity index (χ2v) is 7.45. The van der Waals surface area contributed by atoms with E-state index < -0.39 is 17.5 Å². The molecule has 1 aliphatic heterocycles. The summed E-state index contributed by atoms with van der Waals surface area (Å²) < 4.78 is 5.28. The number of benzene rings is 2. The topological polar surface area (TPSA) is 105 Å². The normalized spacial score (nSPS) is 18.0. The maximum Gasteiger partial charge on any atom is 0.325 e. The van der Waals surface area contributed by atoms with E-state index in [-0.39, 0.29) is 18.2 Å². The maximum atomic E-state index is 13.3. The number of rotatable bonds is 7. The molecule has 0 radical (unpaired) electrons. The molecule has 1 fully saturated rings. The van der Waals surface area contributed by atoms with Crippen LogP contribution < -0.4 is 15.4 Å². The lowest BCUT2D eigenvalue weighted by atomic mass is 9.86. The summed E-state index contributed by atoms with van der Waals surface area (Å²) in [5, 5.41) is 5.40. The van der Waals surface area contributed by atoms with Crippen LogP contribution in [-0.2, 0) is 15.1 Å². The number of carbonyl (C=O) groups excluding carboxylic acids is 4. The highest BCUT2D eigenvalue weighted by Crippen LogP contribution is 2.34. The van der Waals surface area contributed by atoms with Crippen molar-refractivity contribution < 1.29 is 23.9 Å². The summed E-state index contributed by atoms with van der Waals surface area (Å²) in [6.45, 7) is 4.69. The first-order valence-electron chi connectivity index (χ1n) is 9.92. The van der Waals surface area contributed by atoms with Crippen LogP contribution in [0.2, 0.25) is 0 Å². The molecule has 2 aromatic rings. The number of carbonyl (C=O) groups is 4. The van der Waals surface area contributed by atoms with E-state index in [0.717, 1.165) is 10.5 Å². The molecule has 31 heavy (non-hydrogen) atoms. The summed E-state index contributed by atoms with van der Waals surface area (Å²) in [5.41, 5.74) is 1.14. The molecule has 8 nitrogen and oxygen atoms in total. The van der Waals surface area contributed by atoms with E-state index >= 15 is 0 Å². The smallest absolute Gasteiger partial charge is 0.325 e. The molecule has 4 amide bonds. The minimum atomic E-state index is -1.23. The van der Waals surface area contributed by atoms with Gasteiger partial charge >= 0.3 is 6.03 Å². The molecule has 0 spiro atoms. The van der Waals surface area contributed by atoms with Gasteiger partial charge in [0.1, 0.15) is 11.3 Å². The van der Waals surface area contributed by atoms with Gasteiger partial charge in [-0.15, -0.1) is 0 Å². The van der Waals surface area contributed by atoms with Gasteiger partial charge in [-0.25, -0.2) is 4.79 Å². The molecule has 0 bridgehead atoms. The standard InChI is InChI=1S/C23H25N3O5/c1-5-23(17-8-11-20(31-4)14(2)12-17)21(29)26(22(30)25-23)13-19(28)16-6-9-18(10-7-16)24-15(3)27/h6-12H,5,13H2,1-4H3,(H,24,27)(H,25,30). The zero-order valence-corrected chi connectivity index (χ0v) is 17.9. The van der Waals surface area contributed by atoms with Gasteiger partial charge in [-0.2, -0.15) is 0 Å². The monoisotopic (exact) mass is 423 g/mol. The van der Waals surface area contributed by atoms with Crippen LogP contribution >= 0.6 is 0 Å². The quantitative estimate of drug-likeness (QED) is 0.526. The van der Waals surface area contributed by atoms with E-state index in [1.807, 2.05) is 19.9 Å². The molecule has 1 saturated heterocycles. The van der Waals surface area contributed by atoms with Gasteiger partial charge in [0.05, 0.1) is 13.7 Å². The Morgan fingerprint density at radius 3 is 2.35 bits per heavy atom. The summed E-state index contributed by atoms with van der Waals surface area (Å²) in [7, 11) is 1.57. The third-order valence-corrected chi connectivity index (χ3v) is 5.42. The Balaban J connectivity index is 1.82. The second-order valence-electron chi connectivity index (χ2n) is 7.45. The number of imide groups is 1. The third-order valence-electron chi connectivity index (χ3n) is 5.42. The number of nitrogens with zero attached hydrogens (tertiary/aromatic N) is 1. The van der Waals surface area contributed by atoms with Gasteiger partial charge in [-0.3, -0.25) is 19.3 Å². The maximum absolute atomic E-state index is 13.3. The number of amides is 4. The van der Waals surface area contributed by atoms with E-state index in [1.54, 1.807) is 43.5 Å². The molecule has 162 valence electrons. The molecule has 8 heteroatoms. The van der Waals surface area contributed by atoms with E-state index in [9.17, 15) is 19.2 Å². The van der Waals surface area contributed by atoms with Gasteiger partial charge in [0, 0.05) is 18.2 Å². The van der Waals surface area contributed by atoms with Crippen LogP contribution in [-0.4, -0.2) is 42.2 Å². The lowest BCUT2D eigenvalue weighted by molar-refractivity contribution is -0.131. The van der Waals surface area contributed by atoms with Crippen LogP contribution in [0.4, 0.5) is 10.5 Å². The molecular weight excluding hydrogens is 398 g/mol. The first-order valence-corrected chi connectivity index (χ1v) is 9.92. The fourth-order valence-corrected chi connectivity index (χ4v) is 3.73. The lowest BCUT2D eigenvalue weighted by Crippen LogP contribution is -2.44. The Hall–Kier alpha value is -3.68. The predicted octanol–water partition coefficient (Wildman–Crippen LogP) is 3.00. The Labute approximate surface area is 180 Å². The average Bonchev–Trinajstić information content (AvgIpc) is 2.98. The van der Waals surface area contributed by atoms with Crippen molar-refractivity contribution in [3.05, 3.63) is 59.2 Å². The number of hydrogen-bond donors (Lipinski definition) is 2. The number of hydrogen-bond acceptors (Lipinski definition) is 5. The first kappa shape index (κ1) is 22.0. The molecule has 0 saturated carbocycles. The molecule has 1 unspecified atom stereocenters. The van der Waals surface area contributed by atoms with Crippen LogP contribution in [0.5, 0.6) is 5.75 Å². The lowest BCUT2D eigenvalue weighted by Gasteiger charge is -2.26. The molecular formula is C23H25N3O5. The van der Waals surface area contributed by atoms with Crippen molar-refractivity contribution in [1.29, 1.82) is 0 Å². The van der Waals surface area contributed by atoms with Gasteiger partial charge in [0.25, 0.3) is 5.91 Å². The molecule has 3 rings (SSSR count). The predicted molar refractivity (Wildman–Crippen MR) is 115 cm³/mol. The zero-order chi connectivity index (χ0) is 22.8. The summed E-state index contributed by atoms with van der Waals surface area (Å²) in [4.78, 5) is 50.7.